The van der Waals surface area contributed by atoms with E-state index >= 15 is 0 Å². The van der Waals surface area contributed by atoms with Crippen LogP contribution in [0.25, 0.3) is 27.9 Å². The number of piperidine rings is 1. The Balaban J connectivity index is 1.07. The Morgan fingerprint density at radius 1 is 1.09 bits per heavy atom. The van der Waals surface area contributed by atoms with Gasteiger partial charge in [0.25, 0.3) is 5.91 Å². The zero-order valence-electron chi connectivity index (χ0n) is 24.1. The van der Waals surface area contributed by atoms with Gasteiger partial charge in [0.05, 0.1) is 33.6 Å². The normalized spacial score (nSPS) is 19.1. The number of halogens is 1. The largest absolute Gasteiger partial charge is 0.386 e. The molecule has 44 heavy (non-hydrogen) atoms. The number of anilines is 1. The van der Waals surface area contributed by atoms with Crippen molar-refractivity contribution in [2.75, 3.05) is 24.5 Å². The average Bonchev–Trinajstić information content (AvgIpc) is 3.33. The minimum absolute atomic E-state index is 0.243. The number of carbonyl (C=O) groups is 1. The molecule has 1 aliphatic carbocycles. The third-order valence-corrected chi connectivity index (χ3v) is 9.03. The van der Waals surface area contributed by atoms with Crippen molar-refractivity contribution in [1.82, 2.24) is 29.9 Å². The summed E-state index contributed by atoms with van der Waals surface area (Å²) in [4.78, 5) is 28.3. The lowest BCUT2D eigenvalue weighted by atomic mass is 9.99. The molecule has 2 aliphatic rings. The zero-order chi connectivity index (χ0) is 30.6. The number of hydrogen-bond acceptors (Lipinski definition) is 8. The van der Waals surface area contributed by atoms with E-state index in [4.69, 9.17) is 16.6 Å². The second-order valence-electron chi connectivity index (χ2n) is 11.9. The topological polar surface area (TPSA) is 132 Å². The number of amides is 1. The van der Waals surface area contributed by atoms with Gasteiger partial charge in [-0.2, -0.15) is 10.4 Å². The lowest BCUT2D eigenvalue weighted by molar-refractivity contribution is 0.0782. The van der Waals surface area contributed by atoms with Gasteiger partial charge in [0, 0.05) is 66.7 Å². The maximum absolute atomic E-state index is 12.5. The number of pyridine rings is 4. The van der Waals surface area contributed by atoms with Gasteiger partial charge in [-0.3, -0.25) is 9.78 Å². The first-order valence-electron chi connectivity index (χ1n) is 14.4. The van der Waals surface area contributed by atoms with E-state index in [2.05, 4.69) is 31.4 Å². The first-order chi connectivity index (χ1) is 21.2. The predicted octanol–water partition coefficient (Wildman–Crippen LogP) is 4.72. The van der Waals surface area contributed by atoms with Crippen molar-refractivity contribution in [3.05, 3.63) is 95.3 Å². The number of aliphatic hydroxyl groups is 1. The minimum atomic E-state index is -0.987. The van der Waals surface area contributed by atoms with Crippen LogP contribution >= 0.6 is 11.6 Å². The first-order valence-corrected chi connectivity index (χ1v) is 14.8. The molecule has 11 heteroatoms. The number of nitrogens with zero attached hydrogens (tertiary/aromatic N) is 7. The highest BCUT2D eigenvalue weighted by atomic mass is 35.5. The van der Waals surface area contributed by atoms with Crippen molar-refractivity contribution in [3.63, 3.8) is 0 Å². The molecule has 1 unspecified atom stereocenters. The van der Waals surface area contributed by atoms with Gasteiger partial charge in [0.2, 0.25) is 0 Å². The van der Waals surface area contributed by atoms with Gasteiger partial charge in [-0.05, 0) is 68.0 Å². The summed E-state index contributed by atoms with van der Waals surface area (Å²) in [7, 11) is 0. The van der Waals surface area contributed by atoms with E-state index in [1.54, 1.807) is 49.1 Å². The molecule has 220 valence electrons. The standard InChI is InChI=1S/C33H29ClN8O2/c1-33(2,44)22-6-7-28(37-14-22)20-10-23(31-21(11-35)13-40-42(31)16-20)19-5-8-29(38-12-19)41-17-25-24(26(25)18-41)15-39-32(43)30-27(34)4-3-9-36-30/h3-10,12-14,16,24-26,44H,15,17-18H2,1-2H3,(H,39,43)/t24-,25-,26?/m1/s1. The Morgan fingerprint density at radius 3 is 2.57 bits per heavy atom. The summed E-state index contributed by atoms with van der Waals surface area (Å²) in [5, 5.41) is 27.9. The van der Waals surface area contributed by atoms with E-state index in [-0.39, 0.29) is 11.6 Å². The second kappa shape index (κ2) is 10.7. The summed E-state index contributed by atoms with van der Waals surface area (Å²) in [6.07, 6.45) is 8.50. The molecule has 2 N–H and O–H groups in total. The lowest BCUT2D eigenvalue weighted by Gasteiger charge is -2.21. The van der Waals surface area contributed by atoms with E-state index in [9.17, 15) is 15.2 Å². The maximum Gasteiger partial charge on any atom is 0.271 e. The molecule has 1 saturated heterocycles. The quantitative estimate of drug-likeness (QED) is 0.273. The molecule has 1 saturated carbocycles. The number of hydrogen-bond donors (Lipinski definition) is 2. The highest BCUT2D eigenvalue weighted by Crippen LogP contribution is 2.52. The summed E-state index contributed by atoms with van der Waals surface area (Å²) < 4.78 is 1.71. The summed E-state index contributed by atoms with van der Waals surface area (Å²) in [5.74, 6) is 2.10. The SMILES string of the molecule is CC(C)(O)c1ccc(-c2cc(-c3ccc(N4CC5[C@H](CNC(=O)c6ncccc6Cl)[C@H]5C4)nc3)c3c(C#N)cnn3c2)nc1. The molecule has 1 aliphatic heterocycles. The molecule has 5 aromatic heterocycles. The zero-order valence-corrected chi connectivity index (χ0v) is 24.9. The van der Waals surface area contributed by atoms with E-state index in [0.717, 1.165) is 46.9 Å². The number of aromatic nitrogens is 5. The summed E-state index contributed by atoms with van der Waals surface area (Å²) in [5.41, 5.74) is 4.42. The van der Waals surface area contributed by atoms with Crippen LogP contribution in [0.4, 0.5) is 5.82 Å². The van der Waals surface area contributed by atoms with Gasteiger partial charge in [0.1, 0.15) is 17.6 Å². The number of fused-ring (bicyclic) bond motifs is 2. The summed E-state index contributed by atoms with van der Waals surface area (Å²) >= 11 is 6.11. The molecular weight excluding hydrogens is 576 g/mol. The molecule has 1 amide bonds. The highest BCUT2D eigenvalue weighted by molar-refractivity contribution is 6.33. The van der Waals surface area contributed by atoms with Crippen LogP contribution in [0.15, 0.2) is 73.4 Å². The van der Waals surface area contributed by atoms with E-state index in [1.165, 1.54) is 0 Å². The van der Waals surface area contributed by atoms with Crippen molar-refractivity contribution in [3.8, 4) is 28.5 Å². The molecule has 3 atom stereocenters. The molecule has 6 heterocycles. The van der Waals surface area contributed by atoms with Crippen molar-refractivity contribution in [1.29, 1.82) is 5.26 Å². The summed E-state index contributed by atoms with van der Waals surface area (Å²) in [6, 6.07) is 15.4. The van der Waals surface area contributed by atoms with Crippen LogP contribution in [0.1, 0.15) is 35.5 Å². The molecule has 0 aromatic carbocycles. The van der Waals surface area contributed by atoms with Crippen LogP contribution in [0.5, 0.6) is 0 Å². The monoisotopic (exact) mass is 604 g/mol. The molecule has 5 aromatic rings. The lowest BCUT2D eigenvalue weighted by Crippen LogP contribution is -2.31. The van der Waals surface area contributed by atoms with Crippen LogP contribution in [-0.4, -0.2) is 55.2 Å². The fraction of sp³-hybridized carbons (Fsp3) is 0.273. The van der Waals surface area contributed by atoms with Crippen LogP contribution in [0.2, 0.25) is 5.02 Å². The number of nitriles is 1. The van der Waals surface area contributed by atoms with Gasteiger partial charge >= 0.3 is 0 Å². The Hall–Kier alpha value is -4.85. The number of carbonyl (C=O) groups excluding carboxylic acids is 1. The van der Waals surface area contributed by atoms with Crippen LogP contribution < -0.4 is 10.2 Å². The first kappa shape index (κ1) is 28.0. The van der Waals surface area contributed by atoms with Gasteiger partial charge in [0.15, 0.2) is 0 Å². The van der Waals surface area contributed by atoms with Crippen LogP contribution in [-0.2, 0) is 5.60 Å². The molecule has 0 bridgehead atoms. The van der Waals surface area contributed by atoms with E-state index in [1.807, 2.05) is 42.7 Å². The Bertz CT molecular complexity index is 1910. The van der Waals surface area contributed by atoms with E-state index < -0.39 is 5.60 Å². The smallest absolute Gasteiger partial charge is 0.271 e. The molecule has 0 spiro atoms. The molecule has 7 rings (SSSR count). The fourth-order valence-electron chi connectivity index (χ4n) is 6.21. The molecular formula is C33H29ClN8O2. The van der Waals surface area contributed by atoms with Gasteiger partial charge in [-0.1, -0.05) is 17.7 Å². The Morgan fingerprint density at radius 2 is 1.91 bits per heavy atom. The Labute approximate surface area is 259 Å². The third-order valence-electron chi connectivity index (χ3n) is 8.72. The van der Waals surface area contributed by atoms with Crippen molar-refractivity contribution in [2.24, 2.45) is 17.8 Å². The van der Waals surface area contributed by atoms with Crippen molar-refractivity contribution >= 4 is 28.8 Å². The number of nitrogens with one attached hydrogen (secondary N) is 1. The van der Waals surface area contributed by atoms with Gasteiger partial charge in [-0.15, -0.1) is 0 Å². The predicted molar refractivity (Wildman–Crippen MR) is 166 cm³/mol. The molecule has 0 radical (unpaired) electrons. The minimum Gasteiger partial charge on any atom is -0.386 e. The van der Waals surface area contributed by atoms with E-state index in [0.29, 0.717) is 40.4 Å². The fourth-order valence-corrected chi connectivity index (χ4v) is 6.42. The maximum atomic E-state index is 12.5. The Kier molecular flexibility index (Phi) is 6.80. The van der Waals surface area contributed by atoms with Crippen LogP contribution in [0, 0.1) is 29.1 Å². The number of rotatable bonds is 7. The second-order valence-corrected chi connectivity index (χ2v) is 12.3. The molecule has 2 fully saturated rings. The third kappa shape index (κ3) is 5.04. The van der Waals surface area contributed by atoms with Gasteiger partial charge < -0.3 is 15.3 Å². The van der Waals surface area contributed by atoms with Crippen molar-refractivity contribution in [2.45, 2.75) is 19.4 Å². The highest BCUT2D eigenvalue weighted by Gasteiger charge is 2.55. The average molecular weight is 605 g/mol. The van der Waals surface area contributed by atoms with Gasteiger partial charge in [-0.25, -0.2) is 14.5 Å². The van der Waals surface area contributed by atoms with Crippen molar-refractivity contribution < 1.29 is 9.90 Å². The summed E-state index contributed by atoms with van der Waals surface area (Å²) in [6.45, 7) is 5.82. The van der Waals surface area contributed by atoms with Crippen LogP contribution in [0.3, 0.4) is 0 Å². The molecule has 10 nitrogen and oxygen atoms in total.